The summed E-state index contributed by atoms with van der Waals surface area (Å²) in [5, 5.41) is 15.1. The van der Waals surface area contributed by atoms with Gasteiger partial charge in [0.2, 0.25) is 0 Å². The van der Waals surface area contributed by atoms with Crippen LogP contribution in [0, 0.1) is 10.1 Å². The van der Waals surface area contributed by atoms with E-state index in [1.54, 1.807) is 4.68 Å². The quantitative estimate of drug-likeness (QED) is 0.604. The van der Waals surface area contributed by atoms with Crippen molar-refractivity contribution in [3.8, 4) is 5.75 Å². The van der Waals surface area contributed by atoms with Gasteiger partial charge < -0.3 is 4.74 Å². The summed E-state index contributed by atoms with van der Waals surface area (Å²) in [6.45, 7) is 2.92. The molecular formula is C12H13ClN4O3. The summed E-state index contributed by atoms with van der Waals surface area (Å²) in [4.78, 5) is 14.3. The first kappa shape index (κ1) is 14.3. The van der Waals surface area contributed by atoms with Crippen molar-refractivity contribution < 1.29 is 9.66 Å². The van der Waals surface area contributed by atoms with Crippen molar-refractivity contribution in [1.29, 1.82) is 0 Å². The van der Waals surface area contributed by atoms with Crippen LogP contribution in [0.25, 0.3) is 0 Å². The van der Waals surface area contributed by atoms with Crippen molar-refractivity contribution in [3.63, 3.8) is 0 Å². The number of halogens is 1. The van der Waals surface area contributed by atoms with Gasteiger partial charge in [0.25, 0.3) is 5.69 Å². The van der Waals surface area contributed by atoms with Gasteiger partial charge in [0.1, 0.15) is 18.7 Å². The number of nitro benzene ring substituents is 1. The molecule has 0 bridgehead atoms. The number of hydrogen-bond acceptors (Lipinski definition) is 5. The molecule has 0 saturated heterocycles. The van der Waals surface area contributed by atoms with Crippen LogP contribution >= 0.6 is 11.6 Å². The molecule has 0 unspecified atom stereocenters. The third-order valence-electron chi connectivity index (χ3n) is 2.61. The maximum Gasteiger partial charge on any atom is 0.273 e. The lowest BCUT2D eigenvalue weighted by Crippen LogP contribution is -2.08. The van der Waals surface area contributed by atoms with Crippen LogP contribution in [0.2, 0.25) is 5.02 Å². The predicted octanol–water partition coefficient (Wildman–Crippen LogP) is 2.83. The van der Waals surface area contributed by atoms with Crippen molar-refractivity contribution in [2.45, 2.75) is 26.5 Å². The van der Waals surface area contributed by atoms with Gasteiger partial charge in [0.15, 0.2) is 5.82 Å². The third kappa shape index (κ3) is 3.24. The largest absolute Gasteiger partial charge is 0.484 e. The van der Waals surface area contributed by atoms with Crippen LogP contribution in [0.15, 0.2) is 24.5 Å². The predicted molar refractivity (Wildman–Crippen MR) is 72.8 cm³/mol. The van der Waals surface area contributed by atoms with Crippen molar-refractivity contribution in [2.24, 2.45) is 0 Å². The first-order chi connectivity index (χ1) is 9.61. The molecule has 0 atom stereocenters. The van der Waals surface area contributed by atoms with Crippen LogP contribution in [-0.4, -0.2) is 19.7 Å². The van der Waals surface area contributed by atoms with E-state index in [1.807, 2.05) is 6.92 Å². The number of aryl methyl sites for hydroxylation is 1. The molecule has 20 heavy (non-hydrogen) atoms. The van der Waals surface area contributed by atoms with Crippen LogP contribution < -0.4 is 4.74 Å². The van der Waals surface area contributed by atoms with Crippen LogP contribution in [0.1, 0.15) is 19.2 Å². The lowest BCUT2D eigenvalue weighted by molar-refractivity contribution is -0.384. The van der Waals surface area contributed by atoms with Gasteiger partial charge in [0, 0.05) is 12.6 Å². The maximum atomic E-state index is 10.7. The van der Waals surface area contributed by atoms with Crippen LogP contribution in [0.5, 0.6) is 5.75 Å². The van der Waals surface area contributed by atoms with Gasteiger partial charge in [-0.1, -0.05) is 18.5 Å². The molecular weight excluding hydrogens is 284 g/mol. The van der Waals surface area contributed by atoms with Gasteiger partial charge in [0.05, 0.1) is 16.0 Å². The van der Waals surface area contributed by atoms with Crippen LogP contribution in [-0.2, 0) is 13.2 Å². The molecule has 2 aromatic rings. The number of rotatable bonds is 6. The smallest absolute Gasteiger partial charge is 0.273 e. The lowest BCUT2D eigenvalue weighted by Gasteiger charge is -2.08. The Morgan fingerprint density at radius 3 is 3.00 bits per heavy atom. The number of nitro groups is 1. The van der Waals surface area contributed by atoms with Crippen molar-refractivity contribution in [3.05, 3.63) is 45.5 Å². The summed E-state index contributed by atoms with van der Waals surface area (Å²) < 4.78 is 7.23. The van der Waals surface area contributed by atoms with Crippen molar-refractivity contribution in [1.82, 2.24) is 14.8 Å². The summed E-state index contributed by atoms with van der Waals surface area (Å²) in [7, 11) is 0. The SMILES string of the molecule is CCCn1ncnc1COc1cc([N+](=O)[O-])ccc1Cl. The van der Waals surface area contributed by atoms with E-state index in [9.17, 15) is 10.1 Å². The van der Waals surface area contributed by atoms with Crippen molar-refractivity contribution >= 4 is 17.3 Å². The Morgan fingerprint density at radius 1 is 1.50 bits per heavy atom. The Morgan fingerprint density at radius 2 is 2.30 bits per heavy atom. The van der Waals surface area contributed by atoms with Gasteiger partial charge in [-0.3, -0.25) is 10.1 Å². The Labute approximate surface area is 120 Å². The standard InChI is InChI=1S/C12H13ClN4O3/c1-2-5-16-12(14-8-15-16)7-20-11-6-9(17(18)19)3-4-10(11)13/h3-4,6,8H,2,5,7H2,1H3. The number of aromatic nitrogens is 3. The zero-order valence-electron chi connectivity index (χ0n) is 10.8. The Hall–Kier alpha value is -2.15. The molecule has 0 amide bonds. The Bertz CT molecular complexity index is 614. The fraction of sp³-hybridized carbons (Fsp3) is 0.333. The molecule has 0 aliphatic heterocycles. The highest BCUT2D eigenvalue weighted by Crippen LogP contribution is 2.29. The highest BCUT2D eigenvalue weighted by molar-refractivity contribution is 6.32. The van der Waals surface area contributed by atoms with Crippen LogP contribution in [0.3, 0.4) is 0 Å². The molecule has 0 N–H and O–H groups in total. The molecule has 1 heterocycles. The first-order valence-electron chi connectivity index (χ1n) is 6.05. The fourth-order valence-electron chi connectivity index (χ4n) is 1.66. The van der Waals surface area contributed by atoms with E-state index in [1.165, 1.54) is 24.5 Å². The average molecular weight is 297 g/mol. The second kappa shape index (κ2) is 6.33. The first-order valence-corrected chi connectivity index (χ1v) is 6.43. The van der Waals surface area contributed by atoms with Gasteiger partial charge in [-0.2, -0.15) is 5.10 Å². The fourth-order valence-corrected chi connectivity index (χ4v) is 1.83. The monoisotopic (exact) mass is 296 g/mol. The molecule has 106 valence electrons. The molecule has 8 heteroatoms. The van der Waals surface area contributed by atoms with E-state index in [-0.39, 0.29) is 18.0 Å². The summed E-state index contributed by atoms with van der Waals surface area (Å²) in [6, 6.07) is 4.06. The molecule has 0 fully saturated rings. The number of non-ortho nitro benzene ring substituents is 1. The zero-order valence-corrected chi connectivity index (χ0v) is 11.6. The molecule has 0 aliphatic rings. The lowest BCUT2D eigenvalue weighted by atomic mass is 10.3. The normalized spacial score (nSPS) is 10.5. The highest BCUT2D eigenvalue weighted by Gasteiger charge is 2.12. The molecule has 0 aliphatic carbocycles. The van der Waals surface area contributed by atoms with E-state index in [0.717, 1.165) is 13.0 Å². The highest BCUT2D eigenvalue weighted by atomic mass is 35.5. The van der Waals surface area contributed by atoms with E-state index in [2.05, 4.69) is 10.1 Å². The van der Waals surface area contributed by atoms with E-state index in [0.29, 0.717) is 10.8 Å². The second-order valence-corrected chi connectivity index (χ2v) is 4.47. The second-order valence-electron chi connectivity index (χ2n) is 4.06. The summed E-state index contributed by atoms with van der Waals surface area (Å²) in [5.74, 6) is 0.904. The average Bonchev–Trinajstić information content (AvgIpc) is 2.85. The molecule has 2 rings (SSSR count). The van der Waals surface area contributed by atoms with Crippen molar-refractivity contribution in [2.75, 3.05) is 0 Å². The third-order valence-corrected chi connectivity index (χ3v) is 2.93. The zero-order chi connectivity index (χ0) is 14.5. The minimum Gasteiger partial charge on any atom is -0.484 e. The minimum atomic E-state index is -0.497. The molecule has 1 aromatic carbocycles. The molecule has 7 nitrogen and oxygen atoms in total. The van der Waals surface area contributed by atoms with Gasteiger partial charge in [-0.05, 0) is 12.5 Å². The number of hydrogen-bond donors (Lipinski definition) is 0. The Kier molecular flexibility index (Phi) is 4.52. The summed E-state index contributed by atoms with van der Waals surface area (Å²) in [5.41, 5.74) is -0.0700. The molecule has 0 radical (unpaired) electrons. The number of benzene rings is 1. The maximum absolute atomic E-state index is 10.7. The van der Waals surface area contributed by atoms with Gasteiger partial charge in [-0.15, -0.1) is 0 Å². The van der Waals surface area contributed by atoms with E-state index >= 15 is 0 Å². The minimum absolute atomic E-state index is 0.0700. The number of ether oxygens (including phenoxy) is 1. The molecule has 0 spiro atoms. The van der Waals surface area contributed by atoms with E-state index < -0.39 is 4.92 Å². The van der Waals surface area contributed by atoms with Crippen LogP contribution in [0.4, 0.5) is 5.69 Å². The number of nitrogens with zero attached hydrogens (tertiary/aromatic N) is 4. The summed E-state index contributed by atoms with van der Waals surface area (Å²) in [6.07, 6.45) is 2.37. The van der Waals surface area contributed by atoms with E-state index in [4.69, 9.17) is 16.3 Å². The summed E-state index contributed by atoms with van der Waals surface area (Å²) >= 11 is 5.95. The topological polar surface area (TPSA) is 83.1 Å². The Balaban J connectivity index is 2.12. The van der Waals surface area contributed by atoms with Gasteiger partial charge in [-0.25, -0.2) is 9.67 Å². The van der Waals surface area contributed by atoms with Gasteiger partial charge >= 0.3 is 0 Å². The molecule has 0 saturated carbocycles. The molecule has 1 aromatic heterocycles.